The Balaban J connectivity index is 2.74. The molecule has 0 fully saturated rings. The Kier molecular flexibility index (Phi) is 4.64. The zero-order valence-electron chi connectivity index (χ0n) is 8.46. The van der Waals surface area contributed by atoms with Gasteiger partial charge in [-0.3, -0.25) is 0 Å². The van der Waals surface area contributed by atoms with Crippen LogP contribution in [0.1, 0.15) is 15.9 Å². The average Bonchev–Trinajstić information content (AvgIpc) is 2.20. The van der Waals surface area contributed by atoms with Crippen molar-refractivity contribution in [2.45, 2.75) is 6.54 Å². The van der Waals surface area contributed by atoms with Gasteiger partial charge in [0.1, 0.15) is 5.82 Å². The third-order valence-corrected chi connectivity index (χ3v) is 2.21. The summed E-state index contributed by atoms with van der Waals surface area (Å²) in [5.41, 5.74) is 0.407. The van der Waals surface area contributed by atoms with Gasteiger partial charge in [-0.2, -0.15) is 0 Å². The molecule has 5 heteroatoms. The maximum atomic E-state index is 13.3. The molecular weight excluding hydrogens is 277 g/mol. The number of carbonyl (C=O) groups is 1. The quantitative estimate of drug-likeness (QED) is 0.875. The topological polar surface area (TPSA) is 49.3 Å². The van der Waals surface area contributed by atoms with Crippen LogP contribution in [0.2, 0.25) is 0 Å². The normalized spacial score (nSPS) is 10.1. The van der Waals surface area contributed by atoms with Crippen LogP contribution >= 0.6 is 15.9 Å². The number of hydrogen-bond acceptors (Lipinski definition) is 2. The van der Waals surface area contributed by atoms with Crippen molar-refractivity contribution >= 4 is 21.9 Å². The van der Waals surface area contributed by atoms with E-state index in [9.17, 15) is 9.18 Å². The summed E-state index contributed by atoms with van der Waals surface area (Å²) in [5, 5.41) is 11.7. The highest BCUT2D eigenvalue weighted by Crippen LogP contribution is 2.11. The lowest BCUT2D eigenvalue weighted by molar-refractivity contribution is 0.0696. The lowest BCUT2D eigenvalue weighted by Gasteiger charge is -2.06. The predicted octanol–water partition coefficient (Wildman–Crippen LogP) is 2.52. The van der Waals surface area contributed by atoms with Crippen LogP contribution in [0.25, 0.3) is 0 Å². The minimum atomic E-state index is -1.06. The molecule has 0 saturated carbocycles. The van der Waals surface area contributed by atoms with Gasteiger partial charge < -0.3 is 10.4 Å². The van der Waals surface area contributed by atoms with Crippen molar-refractivity contribution < 1.29 is 14.3 Å². The van der Waals surface area contributed by atoms with E-state index in [1.165, 1.54) is 12.1 Å². The molecule has 0 saturated heterocycles. The number of benzene rings is 1. The molecule has 1 aromatic rings. The molecular formula is C11H11BrFNO2. The van der Waals surface area contributed by atoms with Crippen molar-refractivity contribution in [3.63, 3.8) is 0 Å². The largest absolute Gasteiger partial charge is 0.478 e. The highest BCUT2D eigenvalue weighted by atomic mass is 79.9. The van der Waals surface area contributed by atoms with Crippen LogP contribution in [0.15, 0.2) is 29.3 Å². The van der Waals surface area contributed by atoms with E-state index in [2.05, 4.69) is 27.8 Å². The number of hydrogen-bond donors (Lipinski definition) is 2. The predicted molar refractivity (Wildman–Crippen MR) is 63.1 cm³/mol. The first-order valence-corrected chi connectivity index (χ1v) is 5.35. The van der Waals surface area contributed by atoms with Gasteiger partial charge in [0, 0.05) is 23.1 Å². The fraction of sp³-hybridized carbons (Fsp3) is 0.182. The SMILES string of the molecule is C=C(Br)CNCc1cc(C(=O)O)ccc1F. The Labute approximate surface area is 101 Å². The molecule has 0 unspecified atom stereocenters. The van der Waals surface area contributed by atoms with Gasteiger partial charge in [0.15, 0.2) is 0 Å². The summed E-state index contributed by atoms with van der Waals surface area (Å²) in [7, 11) is 0. The van der Waals surface area contributed by atoms with E-state index in [1.807, 2.05) is 0 Å². The first kappa shape index (κ1) is 12.9. The molecule has 1 rings (SSSR count). The van der Waals surface area contributed by atoms with Gasteiger partial charge in [0.05, 0.1) is 5.56 Å². The molecule has 16 heavy (non-hydrogen) atoms. The minimum absolute atomic E-state index is 0.0795. The summed E-state index contributed by atoms with van der Waals surface area (Å²) in [6.45, 7) is 4.38. The molecule has 3 nitrogen and oxygen atoms in total. The lowest BCUT2D eigenvalue weighted by atomic mass is 10.1. The number of aromatic carboxylic acids is 1. The van der Waals surface area contributed by atoms with Crippen LogP contribution in [-0.2, 0) is 6.54 Å². The van der Waals surface area contributed by atoms with Crippen molar-refractivity contribution in [2.75, 3.05) is 6.54 Å². The van der Waals surface area contributed by atoms with Gasteiger partial charge in [-0.25, -0.2) is 9.18 Å². The van der Waals surface area contributed by atoms with Gasteiger partial charge in [0.25, 0.3) is 0 Å². The van der Waals surface area contributed by atoms with E-state index in [0.717, 1.165) is 10.5 Å². The Morgan fingerprint density at radius 1 is 1.56 bits per heavy atom. The third kappa shape index (κ3) is 3.75. The van der Waals surface area contributed by atoms with E-state index in [4.69, 9.17) is 5.11 Å². The van der Waals surface area contributed by atoms with Crippen molar-refractivity contribution in [1.29, 1.82) is 0 Å². The number of carboxylic acid groups (broad SMARTS) is 1. The van der Waals surface area contributed by atoms with Gasteiger partial charge in [-0.1, -0.05) is 22.5 Å². The summed E-state index contributed by atoms with van der Waals surface area (Å²) in [5.74, 6) is -1.48. The second kappa shape index (κ2) is 5.77. The fourth-order valence-corrected chi connectivity index (χ4v) is 1.37. The highest BCUT2D eigenvalue weighted by Gasteiger charge is 2.07. The molecule has 2 N–H and O–H groups in total. The lowest BCUT2D eigenvalue weighted by Crippen LogP contribution is -2.16. The Hall–Kier alpha value is -1.20. The number of halogens is 2. The maximum Gasteiger partial charge on any atom is 0.335 e. The number of carboxylic acids is 1. The molecule has 0 amide bonds. The van der Waals surface area contributed by atoms with Crippen LogP contribution in [-0.4, -0.2) is 17.6 Å². The summed E-state index contributed by atoms with van der Waals surface area (Å²) in [6.07, 6.45) is 0. The molecule has 0 heterocycles. The fourth-order valence-electron chi connectivity index (χ4n) is 1.18. The van der Waals surface area contributed by atoms with Gasteiger partial charge in [-0.15, -0.1) is 0 Å². The van der Waals surface area contributed by atoms with E-state index in [0.29, 0.717) is 12.1 Å². The Bertz CT molecular complexity index is 420. The first-order valence-electron chi connectivity index (χ1n) is 4.56. The molecule has 86 valence electrons. The molecule has 0 aliphatic carbocycles. The number of nitrogens with one attached hydrogen (secondary N) is 1. The zero-order valence-corrected chi connectivity index (χ0v) is 10.1. The zero-order chi connectivity index (χ0) is 12.1. The van der Waals surface area contributed by atoms with E-state index in [1.54, 1.807) is 0 Å². The molecule has 0 aliphatic rings. The van der Waals surface area contributed by atoms with Crippen molar-refractivity contribution in [2.24, 2.45) is 0 Å². The molecule has 0 aliphatic heterocycles. The van der Waals surface area contributed by atoms with Gasteiger partial charge in [0.2, 0.25) is 0 Å². The van der Waals surface area contributed by atoms with Gasteiger partial charge in [-0.05, 0) is 18.2 Å². The monoisotopic (exact) mass is 287 g/mol. The van der Waals surface area contributed by atoms with E-state index >= 15 is 0 Å². The molecule has 0 aromatic heterocycles. The van der Waals surface area contributed by atoms with Crippen LogP contribution < -0.4 is 5.32 Å². The Morgan fingerprint density at radius 3 is 2.81 bits per heavy atom. The summed E-state index contributed by atoms with van der Waals surface area (Å²) in [6, 6.07) is 3.72. The van der Waals surface area contributed by atoms with Crippen LogP contribution in [0.5, 0.6) is 0 Å². The second-order valence-electron chi connectivity index (χ2n) is 3.23. The third-order valence-electron chi connectivity index (χ3n) is 1.92. The summed E-state index contributed by atoms with van der Waals surface area (Å²) < 4.78 is 14.0. The molecule has 0 atom stereocenters. The van der Waals surface area contributed by atoms with Gasteiger partial charge >= 0.3 is 5.97 Å². The van der Waals surface area contributed by atoms with Crippen LogP contribution in [0, 0.1) is 5.82 Å². The first-order chi connectivity index (χ1) is 7.50. The van der Waals surface area contributed by atoms with Crippen molar-refractivity contribution in [1.82, 2.24) is 5.32 Å². The highest BCUT2D eigenvalue weighted by molar-refractivity contribution is 9.11. The van der Waals surface area contributed by atoms with E-state index in [-0.39, 0.29) is 12.1 Å². The van der Waals surface area contributed by atoms with Crippen LogP contribution in [0.3, 0.4) is 0 Å². The number of rotatable bonds is 5. The second-order valence-corrected chi connectivity index (χ2v) is 4.35. The van der Waals surface area contributed by atoms with E-state index < -0.39 is 11.8 Å². The minimum Gasteiger partial charge on any atom is -0.478 e. The van der Waals surface area contributed by atoms with Crippen molar-refractivity contribution in [3.05, 3.63) is 46.2 Å². The summed E-state index contributed by atoms with van der Waals surface area (Å²) >= 11 is 3.16. The standard InChI is InChI=1S/C11H11BrFNO2/c1-7(12)5-14-6-9-4-8(11(15)16)2-3-10(9)13/h2-4,14H,1,5-6H2,(H,15,16). The summed E-state index contributed by atoms with van der Waals surface area (Å²) in [4.78, 5) is 10.7. The molecule has 0 radical (unpaired) electrons. The maximum absolute atomic E-state index is 13.3. The molecule has 0 spiro atoms. The van der Waals surface area contributed by atoms with Crippen LogP contribution in [0.4, 0.5) is 4.39 Å². The smallest absolute Gasteiger partial charge is 0.335 e. The average molecular weight is 288 g/mol. The molecule has 1 aromatic carbocycles. The molecule has 0 bridgehead atoms. The Morgan fingerprint density at radius 2 is 2.25 bits per heavy atom. The van der Waals surface area contributed by atoms with Crippen molar-refractivity contribution in [3.8, 4) is 0 Å².